The van der Waals surface area contributed by atoms with Gasteiger partial charge in [-0.25, -0.2) is 4.79 Å². The summed E-state index contributed by atoms with van der Waals surface area (Å²) in [6, 6.07) is -0.204. The largest absolute Gasteiger partial charge is 0.492 e. The van der Waals surface area contributed by atoms with Crippen LogP contribution in [0.4, 0.5) is 4.79 Å². The number of piperazine rings is 1. The molecule has 1 aliphatic carbocycles. The van der Waals surface area contributed by atoms with Gasteiger partial charge in [0.2, 0.25) is 11.6 Å². The van der Waals surface area contributed by atoms with Crippen LogP contribution >= 0.6 is 0 Å². The summed E-state index contributed by atoms with van der Waals surface area (Å²) in [7, 11) is 2.56. The molecule has 4 aliphatic rings. The minimum atomic E-state index is -2.84. The summed E-state index contributed by atoms with van der Waals surface area (Å²) in [5, 5.41) is 3.21. The van der Waals surface area contributed by atoms with Crippen LogP contribution in [-0.4, -0.2) is 67.7 Å². The molecule has 134 valence electrons. The average Bonchev–Trinajstić information content (AvgIpc) is 3.21. The molecule has 4 rings (SSSR count). The van der Waals surface area contributed by atoms with Gasteiger partial charge in [0.25, 0.3) is 0 Å². The van der Waals surface area contributed by atoms with Crippen LogP contribution in [0.1, 0.15) is 11.0 Å². The van der Waals surface area contributed by atoms with Gasteiger partial charge in [-0.1, -0.05) is 0 Å². The third kappa shape index (κ3) is 1.82. The second-order valence-corrected chi connectivity index (χ2v) is 6.33. The standard InChI is InChI=1S/C16H19N3O6/c1-6-11(20)10-9(12(21)13(6)23-2)7(5-25-15(17)22)16(24-3)14-8(18-14)4-19(10)16/h7-8,14,18H,4-5H2,1-3H3,(H2,17,22)/t7-,8+,14+,16-/m1/s1/i1D3. The average molecular weight is 352 g/mol. The Morgan fingerprint density at radius 3 is 2.80 bits per heavy atom. The van der Waals surface area contributed by atoms with Crippen molar-refractivity contribution < 1.29 is 32.7 Å². The molecule has 0 unspecified atom stereocenters. The highest BCUT2D eigenvalue weighted by Gasteiger charge is 2.72. The van der Waals surface area contributed by atoms with Gasteiger partial charge in [0.05, 0.1) is 24.8 Å². The number of carbonyl (C=O) groups excluding carboxylic acids is 3. The van der Waals surface area contributed by atoms with Crippen molar-refractivity contribution >= 4 is 17.7 Å². The Bertz CT molecular complexity index is 866. The van der Waals surface area contributed by atoms with Crippen molar-refractivity contribution in [3.05, 3.63) is 22.6 Å². The molecule has 9 nitrogen and oxygen atoms in total. The van der Waals surface area contributed by atoms with E-state index in [9.17, 15) is 14.4 Å². The summed E-state index contributed by atoms with van der Waals surface area (Å²) in [6.45, 7) is -2.79. The number of allylic oxidation sites excluding steroid dienone is 2. The van der Waals surface area contributed by atoms with E-state index in [1.54, 1.807) is 4.90 Å². The predicted octanol–water partition coefficient (Wildman–Crippen LogP) is -0.963. The van der Waals surface area contributed by atoms with Crippen LogP contribution in [0, 0.1) is 5.92 Å². The zero-order valence-corrected chi connectivity index (χ0v) is 13.6. The first-order valence-electron chi connectivity index (χ1n) is 9.23. The molecule has 9 heteroatoms. The molecular weight excluding hydrogens is 330 g/mol. The number of ether oxygens (including phenoxy) is 3. The molecule has 0 aromatic heterocycles. The molecule has 4 atom stereocenters. The number of carbonyl (C=O) groups is 3. The molecule has 0 spiro atoms. The molecule has 3 heterocycles. The van der Waals surface area contributed by atoms with Gasteiger partial charge in [0, 0.05) is 35.0 Å². The van der Waals surface area contributed by atoms with Crippen LogP contribution < -0.4 is 11.1 Å². The van der Waals surface area contributed by atoms with Crippen LogP contribution in [0.5, 0.6) is 0 Å². The smallest absolute Gasteiger partial charge is 0.404 e. The van der Waals surface area contributed by atoms with Crippen LogP contribution in [0.25, 0.3) is 0 Å². The second kappa shape index (κ2) is 5.06. The lowest BCUT2D eigenvalue weighted by atomic mass is 9.83. The Morgan fingerprint density at radius 1 is 1.44 bits per heavy atom. The van der Waals surface area contributed by atoms with E-state index in [0.717, 1.165) is 7.11 Å². The maximum atomic E-state index is 13.2. The maximum absolute atomic E-state index is 13.2. The van der Waals surface area contributed by atoms with Gasteiger partial charge in [-0.3, -0.25) is 9.59 Å². The van der Waals surface area contributed by atoms with Crippen LogP contribution in [0.2, 0.25) is 0 Å². The zero-order valence-electron chi connectivity index (χ0n) is 16.6. The number of nitrogens with one attached hydrogen (secondary N) is 1. The fourth-order valence-corrected chi connectivity index (χ4v) is 4.35. The van der Waals surface area contributed by atoms with E-state index in [0.29, 0.717) is 6.54 Å². The molecule has 25 heavy (non-hydrogen) atoms. The Labute approximate surface area is 148 Å². The predicted molar refractivity (Wildman–Crippen MR) is 82.9 cm³/mol. The first-order valence-corrected chi connectivity index (χ1v) is 7.73. The minimum Gasteiger partial charge on any atom is -0.492 e. The lowest BCUT2D eigenvalue weighted by Gasteiger charge is -2.39. The molecule has 1 amide bonds. The Kier molecular flexibility index (Phi) is 2.61. The first-order chi connectivity index (χ1) is 13.1. The molecule has 0 radical (unpaired) electrons. The van der Waals surface area contributed by atoms with Gasteiger partial charge in [-0.05, 0) is 6.85 Å². The zero-order chi connectivity index (χ0) is 20.6. The highest BCUT2D eigenvalue weighted by Crippen LogP contribution is 2.55. The number of Topliss-reactive ketones (excluding diaryl/α,β-unsaturated/α-hetero) is 2. The van der Waals surface area contributed by atoms with Crippen molar-refractivity contribution in [2.24, 2.45) is 11.7 Å². The summed E-state index contributed by atoms with van der Waals surface area (Å²) in [4.78, 5) is 39.2. The lowest BCUT2D eigenvalue weighted by Crippen LogP contribution is -2.55. The number of nitrogens with zero attached hydrogens (tertiary/aromatic N) is 1. The van der Waals surface area contributed by atoms with Crippen LogP contribution in [0.3, 0.4) is 0 Å². The van der Waals surface area contributed by atoms with E-state index >= 15 is 0 Å². The molecule has 2 fully saturated rings. The van der Waals surface area contributed by atoms with Gasteiger partial charge in [0.1, 0.15) is 6.61 Å². The second-order valence-electron chi connectivity index (χ2n) is 6.33. The number of hydrogen-bond donors (Lipinski definition) is 2. The molecule has 3 aliphatic heterocycles. The highest BCUT2D eigenvalue weighted by molar-refractivity contribution is 6.25. The van der Waals surface area contributed by atoms with Crippen LogP contribution in [-0.2, 0) is 23.8 Å². The van der Waals surface area contributed by atoms with Crippen molar-refractivity contribution in [3.8, 4) is 0 Å². The number of fused-ring (bicyclic) bond motifs is 4. The normalized spacial score (nSPS) is 37.9. The summed E-state index contributed by atoms with van der Waals surface area (Å²) < 4.78 is 38.9. The molecule has 0 saturated carbocycles. The van der Waals surface area contributed by atoms with Crippen LogP contribution in [0.15, 0.2) is 22.6 Å². The topological polar surface area (TPSA) is 130 Å². The first kappa shape index (κ1) is 12.9. The van der Waals surface area contributed by atoms with Gasteiger partial charge in [0.15, 0.2) is 11.5 Å². The van der Waals surface area contributed by atoms with E-state index in [1.807, 2.05) is 0 Å². The monoisotopic (exact) mass is 352 g/mol. The van der Waals surface area contributed by atoms with Gasteiger partial charge in [-0.15, -0.1) is 0 Å². The van der Waals surface area contributed by atoms with Crippen molar-refractivity contribution in [3.63, 3.8) is 0 Å². The fourth-order valence-electron chi connectivity index (χ4n) is 4.35. The van der Waals surface area contributed by atoms with E-state index < -0.39 is 47.5 Å². The number of hydrogen-bond acceptors (Lipinski definition) is 8. The number of methoxy groups -OCH3 is 2. The number of primary amides is 1. The third-order valence-corrected chi connectivity index (χ3v) is 5.35. The minimum absolute atomic E-state index is 0.0111. The van der Waals surface area contributed by atoms with E-state index in [-0.39, 0.29) is 30.0 Å². The number of nitrogens with two attached hydrogens (primary N) is 1. The highest BCUT2D eigenvalue weighted by atomic mass is 16.6. The molecule has 0 aromatic rings. The van der Waals surface area contributed by atoms with E-state index in [2.05, 4.69) is 5.32 Å². The van der Waals surface area contributed by atoms with E-state index in [1.165, 1.54) is 7.11 Å². The Morgan fingerprint density at radius 2 is 2.20 bits per heavy atom. The van der Waals surface area contributed by atoms with Gasteiger partial charge in [-0.2, -0.15) is 0 Å². The quantitative estimate of drug-likeness (QED) is 0.488. The van der Waals surface area contributed by atoms with Gasteiger partial charge >= 0.3 is 6.09 Å². The van der Waals surface area contributed by atoms with Gasteiger partial charge < -0.3 is 30.2 Å². The summed E-state index contributed by atoms with van der Waals surface area (Å²) in [5.74, 6) is -2.91. The third-order valence-electron chi connectivity index (χ3n) is 5.35. The van der Waals surface area contributed by atoms with E-state index in [4.69, 9.17) is 24.1 Å². The summed E-state index contributed by atoms with van der Waals surface area (Å²) in [6.07, 6.45) is -1.04. The Balaban J connectivity index is 1.87. The summed E-state index contributed by atoms with van der Waals surface area (Å²) in [5.41, 5.74) is 3.25. The molecular formula is C16H19N3O6. The van der Waals surface area contributed by atoms with Crippen molar-refractivity contribution in [1.82, 2.24) is 10.2 Å². The lowest BCUT2D eigenvalue weighted by molar-refractivity contribution is -0.137. The van der Waals surface area contributed by atoms with Crippen molar-refractivity contribution in [2.75, 3.05) is 27.4 Å². The molecule has 3 N–H and O–H groups in total. The number of rotatable bonds is 4. The van der Waals surface area contributed by atoms with Crippen molar-refractivity contribution in [2.45, 2.75) is 24.7 Å². The molecule has 2 saturated heterocycles. The van der Waals surface area contributed by atoms with Crippen molar-refractivity contribution in [1.29, 1.82) is 0 Å². The molecule has 0 aromatic carbocycles. The number of ketones is 2. The maximum Gasteiger partial charge on any atom is 0.404 e. The number of amides is 1. The Hall–Kier alpha value is -2.39. The SMILES string of the molecule is [2H]C([2H])([2H])C1=C(OC)C(=O)C2=C(C1=O)N1C[C@@H]3N[C@@H]3[C@]1(OC)[C@@H]2COC(N)=O. The summed E-state index contributed by atoms with van der Waals surface area (Å²) >= 11 is 0. The molecule has 0 bridgehead atoms. The fraction of sp³-hybridized carbons (Fsp3) is 0.562.